The Hall–Kier alpha value is -0.913. The molecule has 0 aromatic heterocycles. The molecule has 1 aliphatic carbocycles. The van der Waals surface area contributed by atoms with E-state index in [1.54, 1.807) is 13.8 Å². The van der Waals surface area contributed by atoms with Crippen molar-refractivity contribution < 1.29 is 22.6 Å². The molecule has 2 rings (SSSR count). The number of hydrogen-bond donors (Lipinski definition) is 0. The smallest absolute Gasteiger partial charge is 0.412 e. The summed E-state index contributed by atoms with van der Waals surface area (Å²) in [5.74, 6) is 1.07. The minimum absolute atomic E-state index is 0.101. The Labute approximate surface area is 196 Å². The Morgan fingerprint density at radius 1 is 0.969 bits per heavy atom. The summed E-state index contributed by atoms with van der Waals surface area (Å²) in [7, 11) is -5.39. The van der Waals surface area contributed by atoms with Gasteiger partial charge in [-0.05, 0) is 69.8 Å². The zero-order valence-electron chi connectivity index (χ0n) is 21.1. The van der Waals surface area contributed by atoms with Crippen LogP contribution in [0.2, 0.25) is 18.1 Å². The Morgan fingerprint density at radius 2 is 1.53 bits per heavy atom. The number of rotatable bonds is 13. The van der Waals surface area contributed by atoms with Crippen LogP contribution >= 0.6 is 7.82 Å². The molecule has 0 amide bonds. The summed E-state index contributed by atoms with van der Waals surface area (Å²) in [5.41, 5.74) is 0.940. The van der Waals surface area contributed by atoms with Crippen LogP contribution in [0.4, 0.5) is 0 Å². The SMILES string of the molecule is CCOP(=O)(OCC)OC1=C[C@@H](c2ccccc2)[C@H](C(C)(C)O[Si](CC)(CC)CC)CC1. The van der Waals surface area contributed by atoms with E-state index in [0.29, 0.717) is 12.2 Å². The minimum atomic E-state index is -3.61. The molecule has 0 fully saturated rings. The monoisotopic (exact) mass is 482 g/mol. The van der Waals surface area contributed by atoms with Crippen molar-refractivity contribution in [1.82, 2.24) is 0 Å². The molecule has 0 heterocycles. The van der Waals surface area contributed by atoms with Gasteiger partial charge in [-0.25, -0.2) is 4.57 Å². The molecular weight excluding hydrogens is 439 g/mol. The highest BCUT2D eigenvalue weighted by Gasteiger charge is 2.44. The Bertz CT molecular complexity index is 758. The molecule has 1 aromatic rings. The lowest BCUT2D eigenvalue weighted by molar-refractivity contribution is 0.0158. The zero-order chi connectivity index (χ0) is 23.8. The van der Waals surface area contributed by atoms with Gasteiger partial charge in [0.1, 0.15) is 5.76 Å². The molecule has 0 radical (unpaired) electrons. The van der Waals surface area contributed by atoms with Gasteiger partial charge in [-0.3, -0.25) is 9.05 Å². The third-order valence-electron chi connectivity index (χ3n) is 6.79. The van der Waals surface area contributed by atoms with E-state index in [-0.39, 0.29) is 30.7 Å². The van der Waals surface area contributed by atoms with E-state index in [2.05, 4.69) is 65.0 Å². The van der Waals surface area contributed by atoms with Crippen molar-refractivity contribution in [1.29, 1.82) is 0 Å². The summed E-state index contributed by atoms with van der Waals surface area (Å²) in [6.07, 6.45) is 3.69. The van der Waals surface area contributed by atoms with Crippen molar-refractivity contribution >= 4 is 16.1 Å². The first-order chi connectivity index (χ1) is 15.2. The van der Waals surface area contributed by atoms with Crippen LogP contribution in [0.15, 0.2) is 42.2 Å². The summed E-state index contributed by atoms with van der Waals surface area (Å²) < 4.78 is 36.6. The Morgan fingerprint density at radius 3 is 2.03 bits per heavy atom. The van der Waals surface area contributed by atoms with Crippen LogP contribution in [-0.4, -0.2) is 27.1 Å². The zero-order valence-corrected chi connectivity index (χ0v) is 23.0. The predicted molar refractivity (Wildman–Crippen MR) is 134 cm³/mol. The highest BCUT2D eigenvalue weighted by atomic mass is 31.2. The number of hydrogen-bond acceptors (Lipinski definition) is 5. The molecule has 5 nitrogen and oxygen atoms in total. The lowest BCUT2D eigenvalue weighted by Gasteiger charge is -2.46. The first kappa shape index (κ1) is 27.3. The van der Waals surface area contributed by atoms with E-state index in [4.69, 9.17) is 18.0 Å². The van der Waals surface area contributed by atoms with Crippen molar-refractivity contribution in [3.8, 4) is 0 Å². The van der Waals surface area contributed by atoms with Gasteiger partial charge in [-0.15, -0.1) is 0 Å². The molecule has 1 aromatic carbocycles. The van der Waals surface area contributed by atoms with Crippen molar-refractivity contribution in [3.63, 3.8) is 0 Å². The highest BCUT2D eigenvalue weighted by molar-refractivity contribution is 7.48. The average molecular weight is 483 g/mol. The molecule has 0 N–H and O–H groups in total. The molecule has 1 aliphatic rings. The van der Waals surface area contributed by atoms with Crippen LogP contribution in [0.5, 0.6) is 0 Å². The second-order valence-electron chi connectivity index (χ2n) is 9.04. The van der Waals surface area contributed by atoms with Crippen molar-refractivity contribution in [2.24, 2.45) is 5.92 Å². The van der Waals surface area contributed by atoms with Crippen LogP contribution in [0.3, 0.4) is 0 Å². The molecule has 0 aliphatic heterocycles. The van der Waals surface area contributed by atoms with E-state index in [1.165, 1.54) is 5.56 Å². The first-order valence-electron chi connectivity index (χ1n) is 12.2. The van der Waals surface area contributed by atoms with Crippen LogP contribution in [0.1, 0.15) is 72.8 Å². The van der Waals surface area contributed by atoms with Gasteiger partial charge in [0.05, 0.1) is 18.8 Å². The molecule has 0 spiro atoms. The van der Waals surface area contributed by atoms with Crippen molar-refractivity contribution in [2.45, 2.75) is 91.0 Å². The van der Waals surface area contributed by atoms with Gasteiger partial charge in [-0.2, -0.15) is 0 Å². The van der Waals surface area contributed by atoms with Crippen molar-refractivity contribution in [3.05, 3.63) is 47.7 Å². The topological polar surface area (TPSA) is 54.0 Å². The van der Waals surface area contributed by atoms with E-state index >= 15 is 0 Å². The van der Waals surface area contributed by atoms with Gasteiger partial charge in [0.15, 0.2) is 8.32 Å². The van der Waals surface area contributed by atoms with E-state index in [1.807, 2.05) is 6.07 Å². The van der Waals surface area contributed by atoms with Crippen LogP contribution in [-0.2, 0) is 22.6 Å². The average Bonchev–Trinajstić information content (AvgIpc) is 2.78. The fourth-order valence-electron chi connectivity index (χ4n) is 4.89. The van der Waals surface area contributed by atoms with Crippen LogP contribution in [0, 0.1) is 5.92 Å². The second kappa shape index (κ2) is 12.0. The van der Waals surface area contributed by atoms with Crippen LogP contribution < -0.4 is 0 Å². The molecule has 0 saturated heterocycles. The molecule has 182 valence electrons. The summed E-state index contributed by atoms with van der Waals surface area (Å²) in [4.78, 5) is 0. The van der Waals surface area contributed by atoms with Gasteiger partial charge in [0, 0.05) is 12.3 Å². The van der Waals surface area contributed by atoms with E-state index in [9.17, 15) is 4.57 Å². The fourth-order valence-corrected chi connectivity index (χ4v) is 9.34. The molecular formula is C25H43O5PSi. The van der Waals surface area contributed by atoms with Gasteiger partial charge >= 0.3 is 7.82 Å². The normalized spacial score (nSPS) is 20.2. The maximum Gasteiger partial charge on any atom is 0.529 e. The maximum atomic E-state index is 13.0. The summed E-state index contributed by atoms with van der Waals surface area (Å²) in [6.45, 7) is 15.4. The fraction of sp³-hybridized carbons (Fsp3) is 0.680. The number of phosphoric acid groups is 1. The summed E-state index contributed by atoms with van der Waals surface area (Å²) >= 11 is 0. The molecule has 0 bridgehead atoms. The van der Waals surface area contributed by atoms with Crippen molar-refractivity contribution in [2.75, 3.05) is 13.2 Å². The number of phosphoric ester groups is 1. The lowest BCUT2D eigenvalue weighted by Crippen LogP contribution is -2.49. The molecule has 2 atom stereocenters. The number of benzene rings is 1. The van der Waals surface area contributed by atoms with Gasteiger partial charge in [0.2, 0.25) is 0 Å². The first-order valence-corrected chi connectivity index (χ1v) is 16.2. The second-order valence-corrected chi connectivity index (χ2v) is 15.3. The van der Waals surface area contributed by atoms with Crippen LogP contribution in [0.25, 0.3) is 0 Å². The van der Waals surface area contributed by atoms with Gasteiger partial charge in [-0.1, -0.05) is 51.1 Å². The maximum absolute atomic E-state index is 13.0. The third-order valence-corrected chi connectivity index (χ3v) is 13.2. The van der Waals surface area contributed by atoms with E-state index < -0.39 is 16.1 Å². The summed E-state index contributed by atoms with van der Waals surface area (Å²) in [6, 6.07) is 13.9. The third kappa shape index (κ3) is 6.80. The molecule has 7 heteroatoms. The minimum Gasteiger partial charge on any atom is -0.412 e. The molecule has 32 heavy (non-hydrogen) atoms. The standard InChI is InChI=1S/C25H43O5PSi/c1-8-27-31(26,28-9-2)29-22-18-19-24(23(20-22)21-16-14-13-15-17-21)25(6,7)30-32(10-3,11-4)12-5/h13-17,20,23-24H,8-12,18-19H2,1-7H3/t23-,24+/m0/s1. The predicted octanol–water partition coefficient (Wildman–Crippen LogP) is 8.06. The highest BCUT2D eigenvalue weighted by Crippen LogP contribution is 2.54. The Balaban J connectivity index is 2.40. The van der Waals surface area contributed by atoms with E-state index in [0.717, 1.165) is 24.6 Å². The molecule has 0 saturated carbocycles. The lowest BCUT2D eigenvalue weighted by atomic mass is 9.71. The molecule has 0 unspecified atom stereocenters. The van der Waals surface area contributed by atoms with Gasteiger partial charge in [0.25, 0.3) is 0 Å². The summed E-state index contributed by atoms with van der Waals surface area (Å²) in [5, 5.41) is 0. The van der Waals surface area contributed by atoms with Gasteiger partial charge < -0.3 is 8.95 Å². The largest absolute Gasteiger partial charge is 0.529 e. The Kier molecular flexibility index (Phi) is 10.2. The quantitative estimate of drug-likeness (QED) is 0.210. The number of allylic oxidation sites excluding steroid dienone is 2.